The second-order valence-corrected chi connectivity index (χ2v) is 6.82. The van der Waals surface area contributed by atoms with E-state index in [1.54, 1.807) is 41.3 Å². The molecule has 2 aromatic carbocycles. The van der Waals surface area contributed by atoms with E-state index < -0.39 is 0 Å². The first-order chi connectivity index (χ1) is 14.8. The van der Waals surface area contributed by atoms with Crippen molar-refractivity contribution in [2.75, 3.05) is 5.32 Å². The first-order valence-electron chi connectivity index (χ1n) is 9.45. The topological polar surface area (TPSA) is 85.8 Å². The zero-order valence-electron chi connectivity index (χ0n) is 15.9. The molecule has 0 aliphatic rings. The number of pyridine rings is 1. The first-order valence-corrected chi connectivity index (χ1v) is 9.45. The predicted octanol–water partition coefficient (Wildman–Crippen LogP) is 4.39. The quantitative estimate of drug-likeness (QED) is 0.477. The van der Waals surface area contributed by atoms with E-state index in [0.29, 0.717) is 29.2 Å². The summed E-state index contributed by atoms with van der Waals surface area (Å²) in [5, 5.41) is 12.2. The van der Waals surface area contributed by atoms with Crippen molar-refractivity contribution in [3.8, 4) is 11.3 Å². The maximum absolute atomic E-state index is 12.8. The number of fused-ring (bicyclic) bond motifs is 1. The molecule has 5 aromatic rings. The van der Waals surface area contributed by atoms with Crippen molar-refractivity contribution in [3.63, 3.8) is 0 Å². The molecule has 146 valence electrons. The van der Waals surface area contributed by atoms with E-state index in [1.807, 2.05) is 48.7 Å². The van der Waals surface area contributed by atoms with Crippen molar-refractivity contribution in [2.24, 2.45) is 0 Å². The summed E-state index contributed by atoms with van der Waals surface area (Å²) in [6, 6.07) is 20.6. The third kappa shape index (κ3) is 3.56. The Morgan fingerprint density at radius 1 is 1.00 bits per heavy atom. The van der Waals surface area contributed by atoms with E-state index >= 15 is 0 Å². The Morgan fingerprint density at radius 2 is 1.83 bits per heavy atom. The first kappa shape index (κ1) is 17.8. The largest absolute Gasteiger partial charge is 0.355 e. The second kappa shape index (κ2) is 7.63. The Kier molecular flexibility index (Phi) is 4.53. The molecule has 7 nitrogen and oxygen atoms in total. The van der Waals surface area contributed by atoms with Crippen LogP contribution in [0.4, 0.5) is 5.82 Å². The minimum atomic E-state index is -0.244. The van der Waals surface area contributed by atoms with Crippen LogP contribution in [0.1, 0.15) is 15.9 Å². The summed E-state index contributed by atoms with van der Waals surface area (Å²) in [6.45, 7) is 0.603. The number of amides is 1. The summed E-state index contributed by atoms with van der Waals surface area (Å²) in [5.41, 5.74) is 3.20. The lowest BCUT2D eigenvalue weighted by molar-refractivity contribution is 0.102. The van der Waals surface area contributed by atoms with Gasteiger partial charge in [-0.3, -0.25) is 14.5 Å². The third-order valence-corrected chi connectivity index (χ3v) is 4.75. The van der Waals surface area contributed by atoms with Gasteiger partial charge in [-0.05, 0) is 35.9 Å². The number of hydrogen-bond acceptors (Lipinski definition) is 5. The van der Waals surface area contributed by atoms with E-state index in [4.69, 9.17) is 4.52 Å². The molecule has 1 N–H and O–H groups in total. The summed E-state index contributed by atoms with van der Waals surface area (Å²) in [4.78, 5) is 16.8. The van der Waals surface area contributed by atoms with Gasteiger partial charge in [0.25, 0.3) is 5.91 Å². The summed E-state index contributed by atoms with van der Waals surface area (Å²) in [5.74, 6) is 0.885. The van der Waals surface area contributed by atoms with Crippen LogP contribution in [0.15, 0.2) is 89.8 Å². The van der Waals surface area contributed by atoms with Gasteiger partial charge in [0.05, 0.1) is 11.9 Å². The highest BCUT2D eigenvalue weighted by atomic mass is 16.5. The van der Waals surface area contributed by atoms with Crippen LogP contribution in [0.25, 0.3) is 22.2 Å². The molecule has 0 saturated heterocycles. The minimum absolute atomic E-state index is 0.244. The molecule has 0 bridgehead atoms. The molecular weight excluding hydrogens is 378 g/mol. The maximum atomic E-state index is 12.8. The lowest BCUT2D eigenvalue weighted by Gasteiger charge is -2.04. The van der Waals surface area contributed by atoms with Gasteiger partial charge in [0, 0.05) is 35.8 Å². The number of benzene rings is 2. The normalized spacial score (nSPS) is 10.9. The lowest BCUT2D eigenvalue weighted by atomic mass is 10.1. The zero-order chi connectivity index (χ0) is 20.3. The van der Waals surface area contributed by atoms with Gasteiger partial charge in [-0.1, -0.05) is 35.5 Å². The molecule has 7 heteroatoms. The van der Waals surface area contributed by atoms with Crippen LogP contribution >= 0.6 is 0 Å². The number of anilines is 1. The van der Waals surface area contributed by atoms with Crippen molar-refractivity contribution >= 4 is 22.6 Å². The van der Waals surface area contributed by atoms with Gasteiger partial charge in [-0.2, -0.15) is 5.10 Å². The molecule has 0 aliphatic carbocycles. The van der Waals surface area contributed by atoms with E-state index in [1.165, 1.54) is 0 Å². The second-order valence-electron chi connectivity index (χ2n) is 6.82. The summed E-state index contributed by atoms with van der Waals surface area (Å²) < 4.78 is 7.28. The standard InChI is InChI=1S/C23H17N5O2/c29-23(25-21-10-13-28(26-21)15-16-8-11-24-12-9-16)18-6-7-20-19(14-18)22(30-27-20)17-4-2-1-3-5-17/h1-14H,15H2,(H,25,26,29). The van der Waals surface area contributed by atoms with Gasteiger partial charge in [-0.25, -0.2) is 0 Å². The van der Waals surface area contributed by atoms with Crippen LogP contribution in [0, 0.1) is 0 Å². The van der Waals surface area contributed by atoms with Crippen molar-refractivity contribution < 1.29 is 9.32 Å². The summed E-state index contributed by atoms with van der Waals surface area (Å²) >= 11 is 0. The summed E-state index contributed by atoms with van der Waals surface area (Å²) in [6.07, 6.45) is 5.31. The number of nitrogens with one attached hydrogen (secondary N) is 1. The van der Waals surface area contributed by atoms with Crippen LogP contribution in [-0.4, -0.2) is 25.8 Å². The molecule has 0 unspecified atom stereocenters. The average molecular weight is 395 g/mol. The molecule has 0 atom stereocenters. The number of carbonyl (C=O) groups is 1. The van der Waals surface area contributed by atoms with Crippen molar-refractivity contribution in [2.45, 2.75) is 6.54 Å². The molecule has 3 heterocycles. The third-order valence-electron chi connectivity index (χ3n) is 4.75. The van der Waals surface area contributed by atoms with Crippen LogP contribution in [0.5, 0.6) is 0 Å². The molecule has 5 rings (SSSR count). The minimum Gasteiger partial charge on any atom is -0.355 e. The molecular formula is C23H17N5O2. The highest BCUT2D eigenvalue weighted by Gasteiger charge is 2.14. The highest BCUT2D eigenvalue weighted by molar-refractivity contribution is 6.07. The van der Waals surface area contributed by atoms with Gasteiger partial charge in [0.1, 0.15) is 5.52 Å². The van der Waals surface area contributed by atoms with Crippen LogP contribution < -0.4 is 5.32 Å². The zero-order valence-corrected chi connectivity index (χ0v) is 15.9. The van der Waals surface area contributed by atoms with Crippen molar-refractivity contribution in [1.82, 2.24) is 19.9 Å². The van der Waals surface area contributed by atoms with Gasteiger partial charge in [-0.15, -0.1) is 0 Å². The van der Waals surface area contributed by atoms with E-state index in [9.17, 15) is 4.79 Å². The Hall–Kier alpha value is -4.26. The molecule has 0 radical (unpaired) electrons. The van der Waals surface area contributed by atoms with Crippen LogP contribution in [0.3, 0.4) is 0 Å². The van der Waals surface area contributed by atoms with E-state index in [-0.39, 0.29) is 5.91 Å². The Labute approximate surface area is 172 Å². The molecule has 0 spiro atoms. The Balaban J connectivity index is 1.36. The van der Waals surface area contributed by atoms with Crippen molar-refractivity contribution in [1.29, 1.82) is 0 Å². The fourth-order valence-corrected chi connectivity index (χ4v) is 3.26. The molecule has 0 aliphatic heterocycles. The SMILES string of the molecule is O=C(Nc1ccn(Cc2ccncc2)n1)c1ccc2noc(-c3ccccc3)c2c1. The Bertz CT molecular complexity index is 1310. The molecule has 30 heavy (non-hydrogen) atoms. The number of carbonyl (C=O) groups excluding carboxylic acids is 1. The molecule has 3 aromatic heterocycles. The average Bonchev–Trinajstić information content (AvgIpc) is 3.41. The van der Waals surface area contributed by atoms with E-state index in [2.05, 4.69) is 20.6 Å². The molecule has 0 saturated carbocycles. The lowest BCUT2D eigenvalue weighted by Crippen LogP contribution is -2.12. The predicted molar refractivity (Wildman–Crippen MR) is 113 cm³/mol. The van der Waals surface area contributed by atoms with E-state index in [0.717, 1.165) is 16.5 Å². The molecule has 0 fully saturated rings. The van der Waals surface area contributed by atoms with Gasteiger partial charge in [0.2, 0.25) is 0 Å². The van der Waals surface area contributed by atoms with Crippen molar-refractivity contribution in [3.05, 3.63) is 96.4 Å². The number of aromatic nitrogens is 4. The number of rotatable bonds is 5. The monoisotopic (exact) mass is 395 g/mol. The van der Waals surface area contributed by atoms with Gasteiger partial charge < -0.3 is 9.84 Å². The van der Waals surface area contributed by atoms with Gasteiger partial charge in [0.15, 0.2) is 11.6 Å². The Morgan fingerprint density at radius 3 is 2.67 bits per heavy atom. The number of nitrogens with zero attached hydrogens (tertiary/aromatic N) is 4. The maximum Gasteiger partial charge on any atom is 0.256 e. The van der Waals surface area contributed by atoms with Crippen LogP contribution in [0.2, 0.25) is 0 Å². The smallest absolute Gasteiger partial charge is 0.256 e. The number of hydrogen-bond donors (Lipinski definition) is 1. The summed E-state index contributed by atoms with van der Waals surface area (Å²) in [7, 11) is 0. The highest BCUT2D eigenvalue weighted by Crippen LogP contribution is 2.29. The molecule has 1 amide bonds. The fourth-order valence-electron chi connectivity index (χ4n) is 3.26. The van der Waals surface area contributed by atoms with Gasteiger partial charge >= 0.3 is 0 Å². The fraction of sp³-hybridized carbons (Fsp3) is 0.0435. The van der Waals surface area contributed by atoms with Crippen LogP contribution in [-0.2, 0) is 6.54 Å².